The van der Waals surface area contributed by atoms with Crippen LogP contribution in [0.5, 0.6) is 0 Å². The largest absolute Gasteiger partial charge is 0.407 e. The number of benzene rings is 1. The van der Waals surface area contributed by atoms with Gasteiger partial charge in [0, 0.05) is 0 Å². The molecule has 28 heavy (non-hydrogen) atoms. The average molecular weight is 419 g/mol. The lowest BCUT2D eigenvalue weighted by Crippen LogP contribution is -2.60. The van der Waals surface area contributed by atoms with Crippen molar-refractivity contribution in [3.63, 3.8) is 0 Å². The Morgan fingerprint density at radius 1 is 1.14 bits per heavy atom. The maximum absolute atomic E-state index is 13.5. The molecule has 1 spiro atoms. The Morgan fingerprint density at radius 2 is 1.79 bits per heavy atom. The van der Waals surface area contributed by atoms with Gasteiger partial charge < -0.3 is 9.53 Å². The molecule has 1 saturated carbocycles. The molecule has 4 nitrogen and oxygen atoms in total. The maximum Gasteiger partial charge on any atom is 0.203 e. The second kappa shape index (κ2) is 6.66. The van der Waals surface area contributed by atoms with E-state index in [1.807, 2.05) is 18.2 Å². The fourth-order valence-electron chi connectivity index (χ4n) is 5.74. The van der Waals surface area contributed by atoms with E-state index in [0.717, 1.165) is 31.0 Å². The Labute approximate surface area is 169 Å². The van der Waals surface area contributed by atoms with Crippen molar-refractivity contribution >= 4 is 18.2 Å². The van der Waals surface area contributed by atoms with Crippen LogP contribution in [0.3, 0.4) is 0 Å². The Bertz CT molecular complexity index is 911. The highest BCUT2D eigenvalue weighted by Crippen LogP contribution is 2.70. The summed E-state index contributed by atoms with van der Waals surface area (Å²) in [4.78, 5) is 0.649. The van der Waals surface area contributed by atoms with Crippen molar-refractivity contribution < 1.29 is 18.0 Å². The van der Waals surface area contributed by atoms with Crippen LogP contribution in [-0.4, -0.2) is 33.5 Å². The number of hydrogen-bond donors (Lipinski definition) is 1. The van der Waals surface area contributed by atoms with Crippen molar-refractivity contribution in [3.8, 4) is 0 Å². The molecule has 1 fully saturated rings. The molecule has 1 N–H and O–H groups in total. The van der Waals surface area contributed by atoms with Gasteiger partial charge in [0.2, 0.25) is 9.84 Å². The van der Waals surface area contributed by atoms with E-state index in [1.54, 1.807) is 30.3 Å². The van der Waals surface area contributed by atoms with E-state index in [2.05, 4.69) is 20.8 Å². The highest BCUT2D eigenvalue weighted by Gasteiger charge is 2.73. The Hall–Kier alpha value is -1.21. The SMILES string of the molecule is CC[Si](CC)(CC)O[C@@]12C=C[C@@H](O)[C@@]13C(S(=O)(=O)c1ccccc1)=C[C@H]3CC2. The lowest BCUT2D eigenvalue weighted by molar-refractivity contribution is -0.0497. The summed E-state index contributed by atoms with van der Waals surface area (Å²) < 4.78 is 34.0. The minimum atomic E-state index is -3.67. The predicted octanol–water partition coefficient (Wildman–Crippen LogP) is 4.45. The van der Waals surface area contributed by atoms with Gasteiger partial charge >= 0.3 is 0 Å². The standard InChI is InChI=1S/C22H30O4SSi/c1-4-28(5-2,6-3)26-21-14-12-17-16-20(22(17,21)19(23)13-15-21)27(24,25)18-10-8-7-9-11-18/h7-11,13,15-17,19,23H,4-6,12,14H2,1-3H3/t17-,19-,21+,22+/m1/s1. The molecule has 0 heterocycles. The van der Waals surface area contributed by atoms with Crippen LogP contribution in [0, 0.1) is 11.3 Å². The van der Waals surface area contributed by atoms with Crippen LogP contribution in [0.1, 0.15) is 33.6 Å². The lowest BCUT2D eigenvalue weighted by Gasteiger charge is -2.54. The summed E-state index contributed by atoms with van der Waals surface area (Å²) in [7, 11) is -5.67. The van der Waals surface area contributed by atoms with Crippen molar-refractivity contribution in [1.82, 2.24) is 0 Å². The smallest absolute Gasteiger partial charge is 0.203 e. The van der Waals surface area contributed by atoms with Gasteiger partial charge in [0.15, 0.2) is 8.32 Å². The van der Waals surface area contributed by atoms with Gasteiger partial charge in [-0.15, -0.1) is 0 Å². The van der Waals surface area contributed by atoms with Gasteiger partial charge in [-0.1, -0.05) is 57.2 Å². The van der Waals surface area contributed by atoms with Crippen LogP contribution < -0.4 is 0 Å². The van der Waals surface area contributed by atoms with E-state index >= 15 is 0 Å². The van der Waals surface area contributed by atoms with E-state index in [-0.39, 0.29) is 5.92 Å². The quantitative estimate of drug-likeness (QED) is 0.525. The van der Waals surface area contributed by atoms with E-state index in [9.17, 15) is 13.5 Å². The molecule has 1 aromatic carbocycles. The highest BCUT2D eigenvalue weighted by molar-refractivity contribution is 7.95. The van der Waals surface area contributed by atoms with E-state index in [0.29, 0.717) is 9.80 Å². The molecule has 0 amide bonds. The van der Waals surface area contributed by atoms with Crippen molar-refractivity contribution in [3.05, 3.63) is 53.5 Å². The first-order valence-electron chi connectivity index (χ1n) is 10.4. The molecule has 152 valence electrons. The number of rotatable bonds is 7. The van der Waals surface area contributed by atoms with E-state index in [1.165, 1.54) is 0 Å². The van der Waals surface area contributed by atoms with Gasteiger partial charge in [-0.3, -0.25) is 0 Å². The van der Waals surface area contributed by atoms with Gasteiger partial charge in [0.05, 0.1) is 26.9 Å². The zero-order valence-electron chi connectivity index (χ0n) is 16.9. The van der Waals surface area contributed by atoms with Crippen LogP contribution in [0.15, 0.2) is 58.4 Å². The molecule has 0 bridgehead atoms. The molecule has 0 saturated heterocycles. The van der Waals surface area contributed by atoms with E-state index < -0.39 is 35.3 Å². The summed E-state index contributed by atoms with van der Waals surface area (Å²) in [5.74, 6) is 0.0447. The molecule has 4 rings (SSSR count). The fraction of sp³-hybridized carbons (Fsp3) is 0.545. The molecule has 0 unspecified atom stereocenters. The summed E-state index contributed by atoms with van der Waals surface area (Å²) >= 11 is 0. The monoisotopic (exact) mass is 418 g/mol. The van der Waals surface area contributed by atoms with Gasteiger partial charge in [0.1, 0.15) is 0 Å². The van der Waals surface area contributed by atoms with Crippen LogP contribution in [-0.2, 0) is 14.3 Å². The van der Waals surface area contributed by atoms with Gasteiger partial charge in [-0.05, 0) is 49.0 Å². The highest BCUT2D eigenvalue weighted by atomic mass is 32.2. The summed E-state index contributed by atoms with van der Waals surface area (Å²) in [6.07, 6.45) is 6.45. The molecule has 1 aromatic rings. The Morgan fingerprint density at radius 3 is 2.39 bits per heavy atom. The second-order valence-corrected chi connectivity index (χ2v) is 15.0. The number of aliphatic hydroxyl groups is 1. The molecule has 4 atom stereocenters. The van der Waals surface area contributed by atoms with Crippen molar-refractivity contribution in [2.24, 2.45) is 11.3 Å². The third kappa shape index (κ3) is 2.38. The minimum Gasteiger partial charge on any atom is -0.407 e. The molecule has 3 aliphatic carbocycles. The summed E-state index contributed by atoms with van der Waals surface area (Å²) in [6.45, 7) is 6.55. The zero-order valence-corrected chi connectivity index (χ0v) is 18.7. The molecular formula is C22H30O4SSi. The van der Waals surface area contributed by atoms with Crippen LogP contribution >= 0.6 is 0 Å². The maximum atomic E-state index is 13.5. The third-order valence-electron chi connectivity index (χ3n) is 7.56. The summed E-state index contributed by atoms with van der Waals surface area (Å²) in [6, 6.07) is 11.6. The van der Waals surface area contributed by atoms with E-state index in [4.69, 9.17) is 4.43 Å². The molecule has 0 radical (unpaired) electrons. The fourth-order valence-corrected chi connectivity index (χ4v) is 10.8. The number of aliphatic hydroxyl groups excluding tert-OH is 1. The van der Waals surface area contributed by atoms with Gasteiger partial charge in [-0.2, -0.15) is 0 Å². The molecular weight excluding hydrogens is 388 g/mol. The topological polar surface area (TPSA) is 63.6 Å². The van der Waals surface area contributed by atoms with Crippen LogP contribution in [0.4, 0.5) is 0 Å². The second-order valence-electron chi connectivity index (χ2n) is 8.40. The van der Waals surface area contributed by atoms with Gasteiger partial charge in [-0.25, -0.2) is 8.42 Å². The minimum absolute atomic E-state index is 0.0447. The number of sulfone groups is 1. The molecule has 0 aliphatic heterocycles. The Kier molecular flexibility index (Phi) is 4.77. The third-order valence-corrected chi connectivity index (χ3v) is 14.2. The van der Waals surface area contributed by atoms with Crippen molar-refractivity contribution in [2.75, 3.05) is 0 Å². The zero-order chi connectivity index (χ0) is 20.2. The first-order chi connectivity index (χ1) is 13.3. The van der Waals surface area contributed by atoms with Crippen molar-refractivity contribution in [1.29, 1.82) is 0 Å². The number of allylic oxidation sites excluding steroid dienone is 1. The summed E-state index contributed by atoms with van der Waals surface area (Å²) in [5.41, 5.74) is -1.56. The number of hydrogen-bond acceptors (Lipinski definition) is 4. The molecule has 0 aromatic heterocycles. The van der Waals surface area contributed by atoms with Gasteiger partial charge in [0.25, 0.3) is 0 Å². The normalized spacial score (nSPS) is 33.9. The molecule has 6 heteroatoms. The van der Waals surface area contributed by atoms with Crippen LogP contribution in [0.25, 0.3) is 0 Å². The van der Waals surface area contributed by atoms with Crippen molar-refractivity contribution in [2.45, 2.75) is 68.3 Å². The average Bonchev–Trinajstić information content (AvgIpc) is 3.12. The lowest BCUT2D eigenvalue weighted by atomic mass is 9.62. The summed E-state index contributed by atoms with van der Waals surface area (Å²) in [5, 5.41) is 11.1. The molecule has 3 aliphatic rings. The first-order valence-corrected chi connectivity index (χ1v) is 14.4. The predicted molar refractivity (Wildman–Crippen MR) is 113 cm³/mol. The van der Waals surface area contributed by atoms with Crippen LogP contribution in [0.2, 0.25) is 18.1 Å². The Balaban J connectivity index is 1.82. The first kappa shape index (κ1) is 20.1.